The highest BCUT2D eigenvalue weighted by Gasteiger charge is 2.31. The predicted octanol–water partition coefficient (Wildman–Crippen LogP) is 2.48. The Labute approximate surface area is 89.5 Å². The molecule has 1 aromatic rings. The van der Waals surface area contributed by atoms with Gasteiger partial charge in [-0.15, -0.1) is 0 Å². The van der Waals surface area contributed by atoms with Gasteiger partial charge < -0.3 is 9.84 Å². The second kappa shape index (κ2) is 4.42. The smallest absolute Gasteiger partial charge is 0.416 e. The molecule has 0 bridgehead atoms. The van der Waals surface area contributed by atoms with Crippen molar-refractivity contribution in [3.63, 3.8) is 0 Å². The zero-order valence-corrected chi connectivity index (χ0v) is 8.34. The summed E-state index contributed by atoms with van der Waals surface area (Å²) in [6.07, 6.45) is -4.46. The summed E-state index contributed by atoms with van der Waals surface area (Å²) in [5.41, 5.74) is -0.497. The van der Waals surface area contributed by atoms with E-state index in [1.807, 2.05) is 0 Å². The van der Waals surface area contributed by atoms with E-state index in [4.69, 9.17) is 5.11 Å². The predicted molar refractivity (Wildman–Crippen MR) is 49.3 cm³/mol. The average Bonchev–Trinajstić information content (AvgIpc) is 2.12. The molecule has 1 N–H and O–H groups in total. The summed E-state index contributed by atoms with van der Waals surface area (Å²) in [7, 11) is 0. The molecule has 0 aliphatic heterocycles. The Morgan fingerprint density at radius 1 is 1.38 bits per heavy atom. The third-order valence-corrected chi connectivity index (χ3v) is 1.74. The Morgan fingerprint density at radius 2 is 2.00 bits per heavy atom. The van der Waals surface area contributed by atoms with Crippen molar-refractivity contribution in [2.24, 2.45) is 0 Å². The molecular weight excluding hydrogens is 225 g/mol. The number of benzene rings is 1. The Kier molecular flexibility index (Phi) is 3.41. The minimum Gasteiger partial charge on any atom is -0.482 e. The summed E-state index contributed by atoms with van der Waals surface area (Å²) < 4.78 is 41.8. The van der Waals surface area contributed by atoms with Gasteiger partial charge in [-0.1, -0.05) is 0 Å². The standard InChI is InChI=1S/C10H9F3O3/c1-6-2-7(10(11,12)13)4-8(3-6)16-5-9(14)15/h2-4H,5H2,1H3,(H,14,15). The van der Waals surface area contributed by atoms with E-state index in [2.05, 4.69) is 4.74 Å². The first-order valence-electron chi connectivity index (χ1n) is 4.32. The number of aryl methyl sites for hydroxylation is 1. The van der Waals surface area contributed by atoms with Gasteiger partial charge in [0.05, 0.1) is 5.56 Å². The van der Waals surface area contributed by atoms with E-state index in [9.17, 15) is 18.0 Å². The van der Waals surface area contributed by atoms with Crippen molar-refractivity contribution in [2.75, 3.05) is 6.61 Å². The molecule has 88 valence electrons. The van der Waals surface area contributed by atoms with Crippen LogP contribution in [0.1, 0.15) is 11.1 Å². The number of carboxylic acid groups (broad SMARTS) is 1. The third kappa shape index (κ3) is 3.45. The normalized spacial score (nSPS) is 11.2. The molecule has 0 saturated carbocycles. The Hall–Kier alpha value is -1.72. The molecule has 0 aromatic heterocycles. The summed E-state index contributed by atoms with van der Waals surface area (Å²) in [6, 6.07) is 3.09. The van der Waals surface area contributed by atoms with E-state index >= 15 is 0 Å². The molecule has 0 aliphatic rings. The highest BCUT2D eigenvalue weighted by Crippen LogP contribution is 2.32. The number of carbonyl (C=O) groups is 1. The van der Waals surface area contributed by atoms with Gasteiger partial charge >= 0.3 is 12.1 Å². The van der Waals surface area contributed by atoms with Gasteiger partial charge in [-0.25, -0.2) is 4.79 Å². The fourth-order valence-corrected chi connectivity index (χ4v) is 1.14. The molecule has 0 heterocycles. The topological polar surface area (TPSA) is 46.5 Å². The van der Waals surface area contributed by atoms with Crippen LogP contribution in [0, 0.1) is 6.92 Å². The minimum absolute atomic E-state index is 0.102. The van der Waals surface area contributed by atoms with Crippen molar-refractivity contribution in [3.8, 4) is 5.75 Å². The lowest BCUT2D eigenvalue weighted by Gasteiger charge is -2.10. The molecule has 0 unspecified atom stereocenters. The van der Waals surface area contributed by atoms with Gasteiger partial charge in [0.1, 0.15) is 5.75 Å². The van der Waals surface area contributed by atoms with Gasteiger partial charge in [-0.3, -0.25) is 0 Å². The van der Waals surface area contributed by atoms with Crippen LogP contribution in [0.3, 0.4) is 0 Å². The van der Waals surface area contributed by atoms with Crippen LogP contribution in [0.4, 0.5) is 13.2 Å². The zero-order chi connectivity index (χ0) is 12.3. The maximum absolute atomic E-state index is 12.4. The summed E-state index contributed by atoms with van der Waals surface area (Å²) in [5.74, 6) is -1.34. The maximum atomic E-state index is 12.4. The number of hydrogen-bond acceptors (Lipinski definition) is 2. The fourth-order valence-electron chi connectivity index (χ4n) is 1.14. The zero-order valence-electron chi connectivity index (χ0n) is 8.34. The number of ether oxygens (including phenoxy) is 1. The number of hydrogen-bond donors (Lipinski definition) is 1. The van der Waals surface area contributed by atoms with Crippen molar-refractivity contribution in [2.45, 2.75) is 13.1 Å². The van der Waals surface area contributed by atoms with Crippen molar-refractivity contribution >= 4 is 5.97 Å². The second-order valence-corrected chi connectivity index (χ2v) is 3.21. The first-order valence-corrected chi connectivity index (χ1v) is 4.32. The lowest BCUT2D eigenvalue weighted by Crippen LogP contribution is -2.11. The molecule has 0 amide bonds. The molecule has 1 aromatic carbocycles. The van der Waals surface area contributed by atoms with Crippen LogP contribution < -0.4 is 4.74 Å². The summed E-state index contributed by atoms with van der Waals surface area (Å²) in [6.45, 7) is 0.809. The van der Waals surface area contributed by atoms with Crippen LogP contribution in [0.5, 0.6) is 5.75 Å². The van der Waals surface area contributed by atoms with Gasteiger partial charge in [0, 0.05) is 0 Å². The number of halogens is 3. The Balaban J connectivity index is 2.94. The number of aliphatic carboxylic acids is 1. The van der Waals surface area contributed by atoms with Gasteiger partial charge in [-0.2, -0.15) is 13.2 Å². The number of rotatable bonds is 3. The lowest BCUT2D eigenvalue weighted by molar-refractivity contribution is -0.139. The fraction of sp³-hybridized carbons (Fsp3) is 0.300. The number of alkyl halides is 3. The minimum atomic E-state index is -4.46. The molecule has 6 heteroatoms. The van der Waals surface area contributed by atoms with Crippen molar-refractivity contribution < 1.29 is 27.8 Å². The SMILES string of the molecule is Cc1cc(OCC(=O)O)cc(C(F)(F)F)c1. The largest absolute Gasteiger partial charge is 0.482 e. The highest BCUT2D eigenvalue weighted by atomic mass is 19.4. The molecule has 0 saturated heterocycles. The second-order valence-electron chi connectivity index (χ2n) is 3.21. The van der Waals surface area contributed by atoms with Crippen LogP contribution in [-0.4, -0.2) is 17.7 Å². The first-order chi connectivity index (χ1) is 7.29. The van der Waals surface area contributed by atoms with E-state index in [-0.39, 0.29) is 5.75 Å². The van der Waals surface area contributed by atoms with E-state index in [0.29, 0.717) is 5.56 Å². The van der Waals surface area contributed by atoms with Crippen LogP contribution in [0.25, 0.3) is 0 Å². The molecule has 0 fully saturated rings. The molecule has 1 rings (SSSR count). The van der Waals surface area contributed by atoms with Gasteiger partial charge in [-0.05, 0) is 30.7 Å². The van der Waals surface area contributed by atoms with Crippen LogP contribution in [0.2, 0.25) is 0 Å². The highest BCUT2D eigenvalue weighted by molar-refractivity contribution is 5.68. The summed E-state index contributed by atoms with van der Waals surface area (Å²) in [5, 5.41) is 8.33. The van der Waals surface area contributed by atoms with E-state index in [0.717, 1.165) is 12.1 Å². The number of carboxylic acids is 1. The molecule has 0 spiro atoms. The Morgan fingerprint density at radius 3 is 2.50 bits per heavy atom. The van der Waals surface area contributed by atoms with Crippen LogP contribution in [0.15, 0.2) is 18.2 Å². The van der Waals surface area contributed by atoms with Gasteiger partial charge in [0.2, 0.25) is 0 Å². The Bertz CT molecular complexity index is 399. The van der Waals surface area contributed by atoms with Gasteiger partial charge in [0.15, 0.2) is 6.61 Å². The molecule has 0 atom stereocenters. The maximum Gasteiger partial charge on any atom is 0.416 e. The lowest BCUT2D eigenvalue weighted by atomic mass is 10.1. The molecule has 0 radical (unpaired) electrons. The molecule has 0 aliphatic carbocycles. The van der Waals surface area contributed by atoms with Crippen molar-refractivity contribution in [1.82, 2.24) is 0 Å². The molecular formula is C10H9F3O3. The summed E-state index contributed by atoms with van der Waals surface area (Å²) in [4.78, 5) is 10.2. The van der Waals surface area contributed by atoms with E-state index < -0.39 is 24.3 Å². The van der Waals surface area contributed by atoms with E-state index in [1.54, 1.807) is 0 Å². The molecule has 3 nitrogen and oxygen atoms in total. The third-order valence-electron chi connectivity index (χ3n) is 1.74. The van der Waals surface area contributed by atoms with Crippen LogP contribution in [-0.2, 0) is 11.0 Å². The summed E-state index contributed by atoms with van der Waals surface area (Å²) >= 11 is 0. The van der Waals surface area contributed by atoms with Crippen LogP contribution >= 0.6 is 0 Å². The monoisotopic (exact) mass is 234 g/mol. The van der Waals surface area contributed by atoms with E-state index in [1.165, 1.54) is 13.0 Å². The average molecular weight is 234 g/mol. The van der Waals surface area contributed by atoms with Crippen molar-refractivity contribution in [3.05, 3.63) is 29.3 Å². The van der Waals surface area contributed by atoms with Crippen molar-refractivity contribution in [1.29, 1.82) is 0 Å². The van der Waals surface area contributed by atoms with Gasteiger partial charge in [0.25, 0.3) is 0 Å². The first kappa shape index (κ1) is 12.4. The quantitative estimate of drug-likeness (QED) is 0.873. The molecule has 16 heavy (non-hydrogen) atoms.